The van der Waals surface area contributed by atoms with Crippen LogP contribution in [0.3, 0.4) is 0 Å². The van der Waals surface area contributed by atoms with Crippen molar-refractivity contribution in [2.45, 2.75) is 43.5 Å². The third-order valence-corrected chi connectivity index (χ3v) is 5.83. The summed E-state index contributed by atoms with van der Waals surface area (Å²) in [5.41, 5.74) is 2.35. The fraction of sp³-hybridized carbons (Fsp3) is 0.368. The predicted molar refractivity (Wildman–Crippen MR) is 95.6 cm³/mol. The molecule has 0 heterocycles. The highest BCUT2D eigenvalue weighted by Crippen LogP contribution is 2.30. The van der Waals surface area contributed by atoms with E-state index >= 15 is 0 Å². The van der Waals surface area contributed by atoms with Gasteiger partial charge in [0.25, 0.3) is 0 Å². The standard InChI is InChI=1S/C19H25NO2S/c1-4-8-19(17-13-11-16(12-14-17)15(2)3)20-23(21,22)18-9-6-5-7-10-18/h4-7,9-10,13,16,19-20H,1-2,8,11-12,14H2,3H3. The minimum atomic E-state index is -3.52. The van der Waals surface area contributed by atoms with E-state index in [1.165, 1.54) is 5.57 Å². The molecule has 4 heteroatoms. The highest BCUT2D eigenvalue weighted by atomic mass is 32.2. The van der Waals surface area contributed by atoms with Crippen LogP contribution in [0, 0.1) is 5.92 Å². The zero-order valence-electron chi connectivity index (χ0n) is 13.7. The smallest absolute Gasteiger partial charge is 0.207 e. The molecular weight excluding hydrogens is 306 g/mol. The monoisotopic (exact) mass is 331 g/mol. The van der Waals surface area contributed by atoms with E-state index in [1.807, 2.05) is 6.07 Å². The Kier molecular flexibility index (Phi) is 5.97. The van der Waals surface area contributed by atoms with Crippen LogP contribution in [0.4, 0.5) is 0 Å². The Bertz CT molecular complexity index is 689. The SMILES string of the molecule is C=CCC(NS(=O)(=O)c1ccccc1)C1=CCC(C(=C)C)CC1. The Morgan fingerprint density at radius 1 is 1.39 bits per heavy atom. The zero-order chi connectivity index (χ0) is 16.9. The quantitative estimate of drug-likeness (QED) is 0.761. The second-order valence-corrected chi connectivity index (χ2v) is 7.82. The van der Waals surface area contributed by atoms with E-state index < -0.39 is 10.0 Å². The number of nitrogens with one attached hydrogen (secondary N) is 1. The van der Waals surface area contributed by atoms with Crippen molar-refractivity contribution in [2.24, 2.45) is 5.92 Å². The van der Waals surface area contributed by atoms with E-state index in [2.05, 4.69) is 30.9 Å². The molecule has 1 aromatic carbocycles. The molecular formula is C19H25NO2S. The van der Waals surface area contributed by atoms with Crippen molar-refractivity contribution in [3.63, 3.8) is 0 Å². The van der Waals surface area contributed by atoms with Crippen LogP contribution in [0.15, 0.2) is 71.7 Å². The Hall–Kier alpha value is -1.65. The van der Waals surface area contributed by atoms with E-state index in [-0.39, 0.29) is 6.04 Å². The highest BCUT2D eigenvalue weighted by Gasteiger charge is 2.24. The van der Waals surface area contributed by atoms with Gasteiger partial charge in [0.15, 0.2) is 0 Å². The first-order chi connectivity index (χ1) is 10.9. The molecule has 0 spiro atoms. The van der Waals surface area contributed by atoms with Gasteiger partial charge in [-0.15, -0.1) is 6.58 Å². The lowest BCUT2D eigenvalue weighted by Gasteiger charge is -2.27. The van der Waals surface area contributed by atoms with Gasteiger partial charge in [-0.3, -0.25) is 0 Å². The van der Waals surface area contributed by atoms with Crippen molar-refractivity contribution < 1.29 is 8.42 Å². The maximum absolute atomic E-state index is 12.5. The van der Waals surface area contributed by atoms with Crippen LogP contribution < -0.4 is 4.72 Å². The normalized spacial score (nSPS) is 19.7. The van der Waals surface area contributed by atoms with Crippen molar-refractivity contribution in [1.82, 2.24) is 4.72 Å². The summed E-state index contributed by atoms with van der Waals surface area (Å²) in [5, 5.41) is 0. The fourth-order valence-electron chi connectivity index (χ4n) is 2.92. The zero-order valence-corrected chi connectivity index (χ0v) is 14.5. The van der Waals surface area contributed by atoms with Crippen molar-refractivity contribution in [3.8, 4) is 0 Å². The first kappa shape index (κ1) is 17.7. The van der Waals surface area contributed by atoms with Gasteiger partial charge in [-0.25, -0.2) is 13.1 Å². The number of hydrogen-bond donors (Lipinski definition) is 1. The Balaban J connectivity index is 2.17. The van der Waals surface area contributed by atoms with Gasteiger partial charge in [0.05, 0.1) is 4.90 Å². The van der Waals surface area contributed by atoms with Crippen LogP contribution in [-0.2, 0) is 10.0 Å². The number of hydrogen-bond acceptors (Lipinski definition) is 2. The third-order valence-electron chi connectivity index (χ3n) is 4.34. The second-order valence-electron chi connectivity index (χ2n) is 6.11. The summed E-state index contributed by atoms with van der Waals surface area (Å²) in [5.74, 6) is 0.508. The second kappa shape index (κ2) is 7.75. The molecule has 1 aromatic rings. The molecule has 2 atom stereocenters. The molecule has 0 aromatic heterocycles. The summed E-state index contributed by atoms with van der Waals surface area (Å²) in [6, 6.07) is 8.27. The lowest BCUT2D eigenvalue weighted by molar-refractivity contribution is 0.505. The molecule has 0 saturated heterocycles. The van der Waals surface area contributed by atoms with Crippen LogP contribution in [0.2, 0.25) is 0 Å². The van der Waals surface area contributed by atoms with Gasteiger partial charge >= 0.3 is 0 Å². The number of benzene rings is 1. The highest BCUT2D eigenvalue weighted by molar-refractivity contribution is 7.89. The van der Waals surface area contributed by atoms with E-state index in [0.717, 1.165) is 24.8 Å². The fourth-order valence-corrected chi connectivity index (χ4v) is 4.19. The molecule has 124 valence electrons. The minimum Gasteiger partial charge on any atom is -0.207 e. The predicted octanol–water partition coefficient (Wildman–Crippen LogP) is 4.21. The molecule has 0 saturated carbocycles. The summed E-state index contributed by atoms with van der Waals surface area (Å²) in [4.78, 5) is 0.297. The van der Waals surface area contributed by atoms with E-state index in [9.17, 15) is 8.42 Å². The van der Waals surface area contributed by atoms with Gasteiger partial charge in [-0.2, -0.15) is 0 Å². The van der Waals surface area contributed by atoms with Gasteiger partial charge in [-0.05, 0) is 50.7 Å². The average molecular weight is 331 g/mol. The molecule has 3 nitrogen and oxygen atoms in total. The van der Waals surface area contributed by atoms with Crippen LogP contribution in [-0.4, -0.2) is 14.5 Å². The first-order valence-corrected chi connectivity index (χ1v) is 9.45. The topological polar surface area (TPSA) is 46.2 Å². The molecule has 0 fully saturated rings. The molecule has 1 aliphatic rings. The van der Waals surface area contributed by atoms with E-state index in [1.54, 1.807) is 30.3 Å². The lowest BCUT2D eigenvalue weighted by atomic mass is 9.83. The number of sulfonamides is 1. The summed E-state index contributed by atoms with van der Waals surface area (Å²) in [7, 11) is -3.52. The average Bonchev–Trinajstić information content (AvgIpc) is 2.55. The van der Waals surface area contributed by atoms with Crippen molar-refractivity contribution in [2.75, 3.05) is 0 Å². The van der Waals surface area contributed by atoms with Gasteiger partial charge in [0, 0.05) is 6.04 Å². The molecule has 1 N–H and O–H groups in total. The van der Waals surface area contributed by atoms with Crippen LogP contribution in [0.5, 0.6) is 0 Å². The van der Waals surface area contributed by atoms with Crippen LogP contribution >= 0.6 is 0 Å². The first-order valence-electron chi connectivity index (χ1n) is 7.96. The Morgan fingerprint density at radius 3 is 2.61 bits per heavy atom. The number of allylic oxidation sites excluding steroid dienone is 2. The van der Waals surface area contributed by atoms with Crippen LogP contribution in [0.1, 0.15) is 32.6 Å². The molecule has 2 rings (SSSR count). The third kappa shape index (κ3) is 4.66. The van der Waals surface area contributed by atoms with E-state index in [0.29, 0.717) is 17.2 Å². The lowest BCUT2D eigenvalue weighted by Crippen LogP contribution is -2.36. The van der Waals surface area contributed by atoms with Crippen LogP contribution in [0.25, 0.3) is 0 Å². The summed E-state index contributed by atoms with van der Waals surface area (Å²) in [6.45, 7) is 9.85. The molecule has 0 bridgehead atoms. The summed E-state index contributed by atoms with van der Waals surface area (Å²) >= 11 is 0. The van der Waals surface area contributed by atoms with Gasteiger partial charge in [0.2, 0.25) is 10.0 Å². The maximum Gasteiger partial charge on any atom is 0.241 e. The Morgan fingerprint density at radius 2 is 2.09 bits per heavy atom. The molecule has 0 amide bonds. The van der Waals surface area contributed by atoms with Gasteiger partial charge < -0.3 is 0 Å². The minimum absolute atomic E-state index is 0.219. The summed E-state index contributed by atoms with van der Waals surface area (Å²) < 4.78 is 27.9. The molecule has 23 heavy (non-hydrogen) atoms. The van der Waals surface area contributed by atoms with Crippen molar-refractivity contribution in [1.29, 1.82) is 0 Å². The molecule has 2 unspecified atom stereocenters. The molecule has 0 radical (unpaired) electrons. The molecule has 1 aliphatic carbocycles. The van der Waals surface area contributed by atoms with Gasteiger partial charge in [0.1, 0.15) is 0 Å². The van der Waals surface area contributed by atoms with Gasteiger partial charge in [-0.1, -0.05) is 48.1 Å². The van der Waals surface area contributed by atoms with Crippen molar-refractivity contribution in [3.05, 3.63) is 66.8 Å². The largest absolute Gasteiger partial charge is 0.241 e. The maximum atomic E-state index is 12.5. The molecule has 0 aliphatic heterocycles. The van der Waals surface area contributed by atoms with Crippen molar-refractivity contribution >= 4 is 10.0 Å². The summed E-state index contributed by atoms with van der Waals surface area (Å²) in [6.07, 6.45) is 7.39. The van der Waals surface area contributed by atoms with E-state index in [4.69, 9.17) is 0 Å². The number of rotatable bonds is 7. The Labute approximate surface area is 139 Å².